The van der Waals surface area contributed by atoms with Crippen molar-refractivity contribution in [3.8, 4) is 0 Å². The summed E-state index contributed by atoms with van der Waals surface area (Å²) < 4.78 is 1.09. The van der Waals surface area contributed by atoms with Crippen LogP contribution in [0.1, 0.15) is 11.1 Å². The second kappa shape index (κ2) is 10.0. The number of anilines is 1. The number of thiazole rings is 1. The van der Waals surface area contributed by atoms with Gasteiger partial charge in [0.2, 0.25) is 0 Å². The number of hydrogen-bond acceptors (Lipinski definition) is 4. The molecule has 3 aromatic rings. The van der Waals surface area contributed by atoms with Gasteiger partial charge in [-0.2, -0.15) is 0 Å². The van der Waals surface area contributed by atoms with Gasteiger partial charge in [0.05, 0.1) is 10.2 Å². The number of halogens is 2. The molecule has 0 aliphatic rings. The Morgan fingerprint density at radius 1 is 1.18 bits per heavy atom. The Bertz CT molecular complexity index is 985. The first-order valence-electron chi connectivity index (χ1n) is 8.70. The van der Waals surface area contributed by atoms with Crippen LogP contribution in [0, 0.1) is 6.92 Å². The minimum Gasteiger partial charge on any atom is -0.308 e. The minimum atomic E-state index is -0.104. The third-order valence-electron chi connectivity index (χ3n) is 4.11. The number of carbonyl (C=O) groups is 1. The van der Waals surface area contributed by atoms with Crippen LogP contribution in [0.5, 0.6) is 0 Å². The second-order valence-electron chi connectivity index (χ2n) is 6.62. The van der Waals surface area contributed by atoms with Crippen molar-refractivity contribution < 1.29 is 4.79 Å². The molecule has 2 aromatic carbocycles. The van der Waals surface area contributed by atoms with Crippen LogP contribution in [-0.4, -0.2) is 43.0 Å². The highest BCUT2D eigenvalue weighted by atomic mass is 35.5. The predicted octanol–water partition coefficient (Wildman–Crippen LogP) is 5.29. The molecule has 1 aromatic heterocycles. The van der Waals surface area contributed by atoms with Crippen LogP contribution in [0.25, 0.3) is 16.3 Å². The molecular weight excluding hydrogens is 413 g/mol. The quantitative estimate of drug-likeness (QED) is 0.493. The lowest BCUT2D eigenvalue weighted by atomic mass is 10.2. The molecule has 1 amide bonds. The molecule has 0 radical (unpaired) electrons. The van der Waals surface area contributed by atoms with Crippen LogP contribution in [0.3, 0.4) is 0 Å². The van der Waals surface area contributed by atoms with E-state index in [1.165, 1.54) is 16.9 Å². The average molecular weight is 436 g/mol. The largest absolute Gasteiger partial charge is 0.308 e. The Balaban J connectivity index is 0.00000280. The van der Waals surface area contributed by atoms with Crippen molar-refractivity contribution in [1.29, 1.82) is 0 Å². The second-order valence-corrected chi connectivity index (χ2v) is 8.03. The zero-order chi connectivity index (χ0) is 19.4. The number of aryl methyl sites for hydroxylation is 1. The molecule has 0 bridgehead atoms. The van der Waals surface area contributed by atoms with E-state index in [1.807, 2.05) is 50.5 Å². The monoisotopic (exact) mass is 435 g/mol. The summed E-state index contributed by atoms with van der Waals surface area (Å²) in [7, 11) is 3.98. The molecule has 28 heavy (non-hydrogen) atoms. The molecule has 148 valence electrons. The standard InChI is InChI=1S/C21H22ClN3OS.ClH/c1-15-8-10-18-19(14-15)27-21(23-18)25(13-12-24(2)3)20(26)11-9-16-6-4-5-7-17(16)22;/h4-11,14H,12-13H2,1-3H3;1H. The summed E-state index contributed by atoms with van der Waals surface area (Å²) in [4.78, 5) is 21.4. The van der Waals surface area contributed by atoms with Crippen LogP contribution in [0.15, 0.2) is 48.5 Å². The number of likely N-dealkylation sites (N-methyl/N-ethyl adjacent to an activating group) is 1. The Labute approximate surface area is 180 Å². The van der Waals surface area contributed by atoms with Gasteiger partial charge in [-0.25, -0.2) is 4.98 Å². The van der Waals surface area contributed by atoms with Crippen molar-refractivity contribution >= 4 is 62.7 Å². The first kappa shape index (κ1) is 22.4. The Kier molecular flexibility index (Phi) is 8.01. The summed E-state index contributed by atoms with van der Waals surface area (Å²) in [6, 6.07) is 13.6. The van der Waals surface area contributed by atoms with E-state index in [0.29, 0.717) is 16.7 Å². The van der Waals surface area contributed by atoms with E-state index in [0.717, 1.165) is 22.3 Å². The van der Waals surface area contributed by atoms with Gasteiger partial charge >= 0.3 is 0 Å². The van der Waals surface area contributed by atoms with Gasteiger partial charge in [-0.1, -0.05) is 47.2 Å². The fourth-order valence-electron chi connectivity index (χ4n) is 2.60. The van der Waals surface area contributed by atoms with Gasteiger partial charge in [0.1, 0.15) is 0 Å². The highest BCUT2D eigenvalue weighted by Crippen LogP contribution is 2.30. The lowest BCUT2D eigenvalue weighted by molar-refractivity contribution is -0.114. The van der Waals surface area contributed by atoms with Crippen molar-refractivity contribution in [3.05, 3.63) is 64.7 Å². The molecule has 7 heteroatoms. The van der Waals surface area contributed by atoms with Crippen LogP contribution in [0.2, 0.25) is 5.02 Å². The third kappa shape index (κ3) is 5.55. The summed E-state index contributed by atoms with van der Waals surface area (Å²) in [5, 5.41) is 1.34. The Morgan fingerprint density at radius 2 is 1.93 bits per heavy atom. The number of carbonyl (C=O) groups excluding carboxylic acids is 1. The molecule has 0 spiro atoms. The smallest absolute Gasteiger partial charge is 0.252 e. The van der Waals surface area contributed by atoms with Gasteiger partial charge in [0.25, 0.3) is 5.91 Å². The van der Waals surface area contributed by atoms with E-state index in [-0.39, 0.29) is 18.3 Å². The van der Waals surface area contributed by atoms with Gasteiger partial charge < -0.3 is 4.90 Å². The maximum atomic E-state index is 12.9. The molecular formula is C21H23Cl2N3OS. The van der Waals surface area contributed by atoms with Crippen molar-refractivity contribution in [2.75, 3.05) is 32.1 Å². The van der Waals surface area contributed by atoms with Gasteiger partial charge in [0.15, 0.2) is 5.13 Å². The van der Waals surface area contributed by atoms with Crippen molar-refractivity contribution in [3.63, 3.8) is 0 Å². The van der Waals surface area contributed by atoms with Gasteiger partial charge in [-0.3, -0.25) is 9.69 Å². The number of rotatable bonds is 6. The molecule has 0 aliphatic carbocycles. The number of amides is 1. The molecule has 3 rings (SSSR count). The highest BCUT2D eigenvalue weighted by molar-refractivity contribution is 7.22. The average Bonchev–Trinajstić information content (AvgIpc) is 3.03. The zero-order valence-electron chi connectivity index (χ0n) is 16.1. The first-order chi connectivity index (χ1) is 12.9. The lowest BCUT2D eigenvalue weighted by Crippen LogP contribution is -2.35. The maximum Gasteiger partial charge on any atom is 0.252 e. The Hall–Kier alpha value is -1.92. The van der Waals surface area contributed by atoms with Gasteiger partial charge in [-0.15, -0.1) is 12.4 Å². The van der Waals surface area contributed by atoms with Crippen molar-refractivity contribution in [1.82, 2.24) is 9.88 Å². The summed E-state index contributed by atoms with van der Waals surface area (Å²) in [5.41, 5.74) is 2.92. The van der Waals surface area contributed by atoms with E-state index in [4.69, 9.17) is 11.6 Å². The Morgan fingerprint density at radius 3 is 2.64 bits per heavy atom. The van der Waals surface area contributed by atoms with Crippen LogP contribution in [0.4, 0.5) is 5.13 Å². The SMILES string of the molecule is Cc1ccc2nc(N(CCN(C)C)C(=O)C=Cc3ccccc3Cl)sc2c1.Cl. The molecule has 0 atom stereocenters. The lowest BCUT2D eigenvalue weighted by Gasteiger charge is -2.20. The number of nitrogens with zero attached hydrogens (tertiary/aromatic N) is 3. The summed E-state index contributed by atoms with van der Waals surface area (Å²) in [6.07, 6.45) is 3.32. The highest BCUT2D eigenvalue weighted by Gasteiger charge is 2.18. The third-order valence-corrected chi connectivity index (χ3v) is 5.50. The van der Waals surface area contributed by atoms with E-state index in [2.05, 4.69) is 22.9 Å². The predicted molar refractivity (Wildman–Crippen MR) is 123 cm³/mol. The maximum absolute atomic E-state index is 12.9. The number of fused-ring (bicyclic) bond motifs is 1. The number of hydrogen-bond donors (Lipinski definition) is 0. The van der Waals surface area contributed by atoms with E-state index in [9.17, 15) is 4.79 Å². The van der Waals surface area contributed by atoms with Gasteiger partial charge in [-0.05, 0) is 56.4 Å². The number of benzene rings is 2. The fourth-order valence-corrected chi connectivity index (χ4v) is 3.89. The van der Waals surface area contributed by atoms with Crippen LogP contribution < -0.4 is 4.90 Å². The molecule has 0 unspecified atom stereocenters. The van der Waals surface area contributed by atoms with Crippen LogP contribution >= 0.6 is 35.3 Å². The summed E-state index contributed by atoms with van der Waals surface area (Å²) in [5.74, 6) is -0.104. The fraction of sp³-hybridized carbons (Fsp3) is 0.238. The first-order valence-corrected chi connectivity index (χ1v) is 9.89. The van der Waals surface area contributed by atoms with Gasteiger partial charge in [0, 0.05) is 24.2 Å². The topological polar surface area (TPSA) is 36.4 Å². The molecule has 0 fully saturated rings. The van der Waals surface area contributed by atoms with Crippen molar-refractivity contribution in [2.24, 2.45) is 0 Å². The molecule has 0 aliphatic heterocycles. The molecule has 4 nitrogen and oxygen atoms in total. The van der Waals surface area contributed by atoms with E-state index < -0.39 is 0 Å². The number of aromatic nitrogens is 1. The van der Waals surface area contributed by atoms with Crippen LogP contribution in [-0.2, 0) is 4.79 Å². The summed E-state index contributed by atoms with van der Waals surface area (Å²) in [6.45, 7) is 3.37. The molecule has 0 saturated carbocycles. The molecule has 0 saturated heterocycles. The molecule has 0 N–H and O–H groups in total. The molecule has 1 heterocycles. The minimum absolute atomic E-state index is 0. The van der Waals surface area contributed by atoms with E-state index >= 15 is 0 Å². The summed E-state index contributed by atoms with van der Waals surface area (Å²) >= 11 is 7.72. The van der Waals surface area contributed by atoms with Crippen molar-refractivity contribution in [2.45, 2.75) is 6.92 Å². The van der Waals surface area contributed by atoms with E-state index in [1.54, 1.807) is 17.1 Å². The normalized spacial score (nSPS) is 11.2. The zero-order valence-corrected chi connectivity index (χ0v) is 18.4.